The van der Waals surface area contributed by atoms with Gasteiger partial charge in [-0.1, -0.05) is 11.6 Å². The fourth-order valence-electron chi connectivity index (χ4n) is 1.78. The normalized spacial score (nSPS) is 19.7. The zero-order chi connectivity index (χ0) is 11.5. The first kappa shape index (κ1) is 11.3. The summed E-state index contributed by atoms with van der Waals surface area (Å²) in [7, 11) is 0. The van der Waals surface area contributed by atoms with Crippen LogP contribution in [0.4, 0.5) is 5.69 Å². The number of carbonyl (C=O) groups is 1. The highest BCUT2D eigenvalue weighted by atomic mass is 32.2. The van der Waals surface area contributed by atoms with Crippen molar-refractivity contribution >= 4 is 23.4 Å². The lowest BCUT2D eigenvalue weighted by Crippen LogP contribution is -2.35. The number of carbonyl (C=O) groups excluding carboxylic acids is 1. The van der Waals surface area contributed by atoms with Gasteiger partial charge in [0.2, 0.25) is 0 Å². The lowest BCUT2D eigenvalue weighted by atomic mass is 10.1. The number of nitrogens with two attached hydrogens (primary N) is 1. The zero-order valence-corrected chi connectivity index (χ0v) is 10.1. The molecule has 16 heavy (non-hydrogen) atoms. The number of hydrogen-bond acceptors (Lipinski definition) is 3. The van der Waals surface area contributed by atoms with Crippen molar-refractivity contribution in [1.82, 2.24) is 5.32 Å². The van der Waals surface area contributed by atoms with Crippen molar-refractivity contribution in [1.29, 1.82) is 0 Å². The van der Waals surface area contributed by atoms with Crippen molar-refractivity contribution in [3.8, 4) is 0 Å². The fraction of sp³-hybridized carbons (Fsp3) is 0.417. The average Bonchev–Trinajstić information content (AvgIpc) is 2.74. The molecule has 0 radical (unpaired) electrons. The van der Waals surface area contributed by atoms with E-state index in [1.165, 1.54) is 0 Å². The molecule has 2 rings (SSSR count). The molecule has 1 aliphatic heterocycles. The molecule has 1 aromatic rings. The van der Waals surface area contributed by atoms with Crippen molar-refractivity contribution < 1.29 is 4.79 Å². The molecule has 3 N–H and O–H groups in total. The third-order valence-corrected chi connectivity index (χ3v) is 3.88. The number of aryl methyl sites for hydroxylation is 1. The van der Waals surface area contributed by atoms with Crippen LogP contribution in [0.5, 0.6) is 0 Å². The Hall–Kier alpha value is -1.16. The van der Waals surface area contributed by atoms with Gasteiger partial charge in [0.25, 0.3) is 5.91 Å². The molecule has 1 atom stereocenters. The summed E-state index contributed by atoms with van der Waals surface area (Å²) in [5.41, 5.74) is 8.00. The van der Waals surface area contributed by atoms with Crippen molar-refractivity contribution in [3.63, 3.8) is 0 Å². The third kappa shape index (κ3) is 2.50. The maximum atomic E-state index is 12.0. The summed E-state index contributed by atoms with van der Waals surface area (Å²) in [5.74, 6) is 2.10. The van der Waals surface area contributed by atoms with Crippen molar-refractivity contribution in [2.75, 3.05) is 17.2 Å². The van der Waals surface area contributed by atoms with Crippen molar-refractivity contribution in [2.24, 2.45) is 0 Å². The molecule has 1 heterocycles. The number of thioether (sulfide) groups is 1. The average molecular weight is 236 g/mol. The number of nitrogen functional groups attached to an aromatic ring is 1. The van der Waals surface area contributed by atoms with Gasteiger partial charge in [-0.25, -0.2) is 0 Å². The predicted octanol–water partition coefficient (Wildman–Crippen LogP) is 1.81. The standard InChI is InChI=1S/C12H16N2OS/c1-8-2-3-11(13)10(6-8)12(15)14-9-4-5-16-7-9/h2-3,6,9H,4-5,7,13H2,1H3,(H,14,15). The Morgan fingerprint density at radius 1 is 1.56 bits per heavy atom. The van der Waals surface area contributed by atoms with Crippen LogP contribution >= 0.6 is 11.8 Å². The van der Waals surface area contributed by atoms with Gasteiger partial charge in [-0.15, -0.1) is 0 Å². The van der Waals surface area contributed by atoms with Gasteiger partial charge in [-0.2, -0.15) is 11.8 Å². The van der Waals surface area contributed by atoms with Gasteiger partial charge < -0.3 is 11.1 Å². The van der Waals surface area contributed by atoms with E-state index >= 15 is 0 Å². The van der Waals surface area contributed by atoms with Crippen LogP contribution in [0.2, 0.25) is 0 Å². The first-order valence-corrected chi connectivity index (χ1v) is 6.57. The molecule has 3 nitrogen and oxygen atoms in total. The third-order valence-electron chi connectivity index (χ3n) is 2.72. The van der Waals surface area contributed by atoms with E-state index in [2.05, 4.69) is 5.32 Å². The highest BCUT2D eigenvalue weighted by molar-refractivity contribution is 7.99. The summed E-state index contributed by atoms with van der Waals surface area (Å²) in [5, 5.41) is 3.02. The Bertz CT molecular complexity index is 400. The van der Waals surface area contributed by atoms with Crippen molar-refractivity contribution in [3.05, 3.63) is 29.3 Å². The van der Waals surface area contributed by atoms with E-state index in [1.807, 2.05) is 30.8 Å². The Morgan fingerprint density at radius 2 is 2.38 bits per heavy atom. The molecule has 0 aromatic heterocycles. The molecule has 1 amide bonds. The summed E-state index contributed by atoms with van der Waals surface area (Å²) < 4.78 is 0. The van der Waals surface area contributed by atoms with Crippen LogP contribution in [0, 0.1) is 6.92 Å². The maximum Gasteiger partial charge on any atom is 0.253 e. The number of benzene rings is 1. The van der Waals surface area contributed by atoms with Crippen LogP contribution < -0.4 is 11.1 Å². The molecular formula is C12H16N2OS. The molecule has 0 aliphatic carbocycles. The fourth-order valence-corrected chi connectivity index (χ4v) is 2.93. The Morgan fingerprint density at radius 3 is 3.06 bits per heavy atom. The van der Waals surface area contributed by atoms with Crippen LogP contribution in [0.25, 0.3) is 0 Å². The highest BCUT2D eigenvalue weighted by Gasteiger charge is 2.19. The Kier molecular flexibility index (Phi) is 3.39. The minimum absolute atomic E-state index is 0.0475. The largest absolute Gasteiger partial charge is 0.398 e. The Balaban J connectivity index is 2.10. The summed E-state index contributed by atoms with van der Waals surface area (Å²) in [6.45, 7) is 1.96. The Labute approximate surface area is 99.8 Å². The zero-order valence-electron chi connectivity index (χ0n) is 9.32. The van der Waals surface area contributed by atoms with E-state index in [9.17, 15) is 4.79 Å². The quantitative estimate of drug-likeness (QED) is 0.770. The second-order valence-corrected chi connectivity index (χ2v) is 5.27. The lowest BCUT2D eigenvalue weighted by Gasteiger charge is -2.12. The van der Waals surface area contributed by atoms with E-state index < -0.39 is 0 Å². The van der Waals surface area contributed by atoms with Gasteiger partial charge in [-0.05, 0) is 31.2 Å². The number of anilines is 1. The monoisotopic (exact) mass is 236 g/mol. The van der Waals surface area contributed by atoms with E-state index in [-0.39, 0.29) is 5.91 Å². The number of nitrogens with one attached hydrogen (secondary N) is 1. The van der Waals surface area contributed by atoms with Crippen LogP contribution in [0.15, 0.2) is 18.2 Å². The minimum atomic E-state index is -0.0475. The van der Waals surface area contributed by atoms with Gasteiger partial charge in [0.15, 0.2) is 0 Å². The molecule has 0 spiro atoms. The van der Waals surface area contributed by atoms with E-state index in [0.29, 0.717) is 17.3 Å². The van der Waals surface area contributed by atoms with Gasteiger partial charge in [-0.3, -0.25) is 4.79 Å². The molecule has 1 aromatic carbocycles. The van der Waals surface area contributed by atoms with Crippen molar-refractivity contribution in [2.45, 2.75) is 19.4 Å². The van der Waals surface area contributed by atoms with Crippen LogP contribution in [0.1, 0.15) is 22.3 Å². The van der Waals surface area contributed by atoms with Crippen LogP contribution in [0.3, 0.4) is 0 Å². The maximum absolute atomic E-state index is 12.0. The highest BCUT2D eigenvalue weighted by Crippen LogP contribution is 2.19. The van der Waals surface area contributed by atoms with Gasteiger partial charge in [0.05, 0.1) is 5.56 Å². The predicted molar refractivity (Wildman–Crippen MR) is 68.8 cm³/mol. The SMILES string of the molecule is Cc1ccc(N)c(C(=O)NC2CCSC2)c1. The first-order chi connectivity index (χ1) is 7.66. The minimum Gasteiger partial charge on any atom is -0.398 e. The summed E-state index contributed by atoms with van der Waals surface area (Å²) in [6.07, 6.45) is 1.06. The van der Waals surface area contributed by atoms with E-state index in [1.54, 1.807) is 6.07 Å². The molecule has 86 valence electrons. The second-order valence-electron chi connectivity index (χ2n) is 4.12. The van der Waals surface area contributed by atoms with E-state index in [0.717, 1.165) is 23.5 Å². The molecule has 4 heteroatoms. The smallest absolute Gasteiger partial charge is 0.253 e. The molecule has 0 bridgehead atoms. The number of amides is 1. The molecule has 0 saturated carbocycles. The summed E-state index contributed by atoms with van der Waals surface area (Å²) in [4.78, 5) is 12.0. The molecular weight excluding hydrogens is 220 g/mol. The second kappa shape index (κ2) is 4.78. The van der Waals surface area contributed by atoms with Crippen LogP contribution in [-0.2, 0) is 0 Å². The number of hydrogen-bond donors (Lipinski definition) is 2. The number of rotatable bonds is 2. The topological polar surface area (TPSA) is 55.1 Å². The molecule has 1 saturated heterocycles. The molecule has 1 unspecified atom stereocenters. The van der Waals surface area contributed by atoms with Gasteiger partial charge in [0.1, 0.15) is 0 Å². The van der Waals surface area contributed by atoms with E-state index in [4.69, 9.17) is 5.73 Å². The summed E-state index contributed by atoms with van der Waals surface area (Å²) >= 11 is 1.88. The van der Waals surface area contributed by atoms with Gasteiger partial charge >= 0.3 is 0 Å². The van der Waals surface area contributed by atoms with Gasteiger partial charge in [0, 0.05) is 17.5 Å². The summed E-state index contributed by atoms with van der Waals surface area (Å²) in [6, 6.07) is 5.84. The first-order valence-electron chi connectivity index (χ1n) is 5.41. The molecule has 1 aliphatic rings. The lowest BCUT2D eigenvalue weighted by molar-refractivity contribution is 0.0942. The van der Waals surface area contributed by atoms with Crippen LogP contribution in [-0.4, -0.2) is 23.5 Å². The molecule has 1 fully saturated rings.